The highest BCUT2D eigenvalue weighted by Crippen LogP contribution is 2.32. The lowest BCUT2D eigenvalue weighted by atomic mass is 9.97. The molecular weight excluding hydrogens is 346 g/mol. The SMILES string of the molecule is CN(c1ccc(C(N)=O)c(-c2cnc3ccccc3c2)c1)C1CCCCCC1. The minimum Gasteiger partial charge on any atom is -0.372 e. The maximum atomic E-state index is 12.1. The number of amides is 1. The molecule has 0 radical (unpaired) electrons. The number of hydrogen-bond donors (Lipinski definition) is 1. The lowest BCUT2D eigenvalue weighted by molar-refractivity contribution is 0.100. The third kappa shape index (κ3) is 3.72. The van der Waals surface area contributed by atoms with Crippen LogP contribution in [0.5, 0.6) is 0 Å². The van der Waals surface area contributed by atoms with E-state index in [1.807, 2.05) is 42.6 Å². The Bertz CT molecular complexity index is 990. The van der Waals surface area contributed by atoms with E-state index < -0.39 is 5.91 Å². The second-order valence-electron chi connectivity index (χ2n) is 7.77. The molecule has 0 atom stereocenters. The molecule has 2 aromatic carbocycles. The van der Waals surface area contributed by atoms with Crippen molar-refractivity contribution in [3.8, 4) is 11.1 Å². The van der Waals surface area contributed by atoms with E-state index in [4.69, 9.17) is 5.73 Å². The van der Waals surface area contributed by atoms with Gasteiger partial charge in [0.05, 0.1) is 5.52 Å². The third-order valence-corrected chi connectivity index (χ3v) is 5.95. The molecule has 4 heteroatoms. The summed E-state index contributed by atoms with van der Waals surface area (Å²) in [5, 5.41) is 1.05. The molecular formula is C24H27N3O. The van der Waals surface area contributed by atoms with Gasteiger partial charge in [0.15, 0.2) is 0 Å². The van der Waals surface area contributed by atoms with Crippen LogP contribution in [0, 0.1) is 0 Å². The average Bonchev–Trinajstić information content (AvgIpc) is 3.02. The van der Waals surface area contributed by atoms with Gasteiger partial charge in [0.1, 0.15) is 0 Å². The Morgan fingerprint density at radius 2 is 1.79 bits per heavy atom. The van der Waals surface area contributed by atoms with Crippen molar-refractivity contribution in [2.24, 2.45) is 5.73 Å². The smallest absolute Gasteiger partial charge is 0.249 e. The number of nitrogens with zero attached hydrogens (tertiary/aromatic N) is 2. The number of carbonyl (C=O) groups excluding carboxylic acids is 1. The molecule has 0 aliphatic heterocycles. The first kappa shape index (κ1) is 18.5. The van der Waals surface area contributed by atoms with Gasteiger partial charge < -0.3 is 10.6 Å². The fraction of sp³-hybridized carbons (Fsp3) is 0.333. The fourth-order valence-electron chi connectivity index (χ4n) is 4.28. The Balaban J connectivity index is 1.75. The van der Waals surface area contributed by atoms with Gasteiger partial charge in [0.25, 0.3) is 0 Å². The minimum atomic E-state index is -0.410. The van der Waals surface area contributed by atoms with Crippen LogP contribution >= 0.6 is 0 Å². The lowest BCUT2D eigenvalue weighted by Crippen LogP contribution is -2.31. The monoisotopic (exact) mass is 373 g/mol. The Labute approximate surface area is 166 Å². The van der Waals surface area contributed by atoms with Gasteiger partial charge in [0, 0.05) is 41.5 Å². The number of rotatable bonds is 4. The number of anilines is 1. The molecule has 144 valence electrons. The van der Waals surface area contributed by atoms with Crippen molar-refractivity contribution in [1.82, 2.24) is 4.98 Å². The van der Waals surface area contributed by atoms with Crippen LogP contribution in [0.1, 0.15) is 48.9 Å². The second-order valence-corrected chi connectivity index (χ2v) is 7.77. The predicted octanol–water partition coefficient (Wildman–Crippen LogP) is 5.16. The number of nitrogens with two attached hydrogens (primary N) is 1. The van der Waals surface area contributed by atoms with Gasteiger partial charge in [-0.2, -0.15) is 0 Å². The topological polar surface area (TPSA) is 59.2 Å². The van der Waals surface area contributed by atoms with Crippen LogP contribution in [-0.4, -0.2) is 24.0 Å². The molecule has 1 saturated carbocycles. The summed E-state index contributed by atoms with van der Waals surface area (Å²) < 4.78 is 0. The highest BCUT2D eigenvalue weighted by Gasteiger charge is 2.19. The summed E-state index contributed by atoms with van der Waals surface area (Å²) in [7, 11) is 2.16. The quantitative estimate of drug-likeness (QED) is 0.643. The number of benzene rings is 2. The van der Waals surface area contributed by atoms with Crippen molar-refractivity contribution in [3.63, 3.8) is 0 Å². The van der Waals surface area contributed by atoms with Gasteiger partial charge in [-0.15, -0.1) is 0 Å². The zero-order valence-corrected chi connectivity index (χ0v) is 16.4. The summed E-state index contributed by atoms with van der Waals surface area (Å²) in [6, 6.07) is 16.6. The van der Waals surface area contributed by atoms with Crippen molar-refractivity contribution in [1.29, 1.82) is 0 Å². The standard InChI is InChI=1S/C24H27N3O/c1-27(19-9-4-2-3-5-10-19)20-12-13-21(24(25)28)22(15-20)18-14-17-8-6-7-11-23(17)26-16-18/h6-8,11-16,19H,2-5,9-10H2,1H3,(H2,25,28). The zero-order chi connectivity index (χ0) is 19.5. The predicted molar refractivity (Wildman–Crippen MR) is 116 cm³/mol. The number of aromatic nitrogens is 1. The van der Waals surface area contributed by atoms with E-state index in [1.165, 1.54) is 38.5 Å². The zero-order valence-electron chi connectivity index (χ0n) is 16.4. The van der Waals surface area contributed by atoms with Crippen molar-refractivity contribution >= 4 is 22.5 Å². The van der Waals surface area contributed by atoms with E-state index in [2.05, 4.69) is 29.1 Å². The Kier molecular flexibility index (Phi) is 5.29. The summed E-state index contributed by atoms with van der Waals surface area (Å²) in [5.41, 5.74) is 10.1. The number of pyridine rings is 1. The maximum absolute atomic E-state index is 12.1. The molecule has 4 nitrogen and oxygen atoms in total. The van der Waals surface area contributed by atoms with E-state index in [0.29, 0.717) is 11.6 Å². The van der Waals surface area contributed by atoms with Gasteiger partial charge in [-0.3, -0.25) is 9.78 Å². The number of carbonyl (C=O) groups is 1. The van der Waals surface area contributed by atoms with Crippen molar-refractivity contribution in [2.75, 3.05) is 11.9 Å². The van der Waals surface area contributed by atoms with Gasteiger partial charge in [-0.05, 0) is 48.7 Å². The van der Waals surface area contributed by atoms with Gasteiger partial charge >= 0.3 is 0 Å². The average molecular weight is 374 g/mol. The van der Waals surface area contributed by atoms with Crippen LogP contribution in [0.3, 0.4) is 0 Å². The first-order valence-corrected chi connectivity index (χ1v) is 10.2. The van der Waals surface area contributed by atoms with Crippen molar-refractivity contribution < 1.29 is 4.79 Å². The normalized spacial score (nSPS) is 15.3. The van der Waals surface area contributed by atoms with E-state index in [1.54, 1.807) is 0 Å². The molecule has 1 aliphatic rings. The van der Waals surface area contributed by atoms with Crippen LogP contribution in [0.4, 0.5) is 5.69 Å². The van der Waals surface area contributed by atoms with Crippen molar-refractivity contribution in [2.45, 2.75) is 44.6 Å². The highest BCUT2D eigenvalue weighted by molar-refractivity contribution is 6.01. The first-order chi connectivity index (χ1) is 13.6. The molecule has 2 N–H and O–H groups in total. The molecule has 1 amide bonds. The largest absolute Gasteiger partial charge is 0.372 e. The fourth-order valence-corrected chi connectivity index (χ4v) is 4.28. The van der Waals surface area contributed by atoms with Crippen molar-refractivity contribution in [3.05, 3.63) is 60.3 Å². The summed E-state index contributed by atoms with van der Waals surface area (Å²) in [6.45, 7) is 0. The number of para-hydroxylation sites is 1. The van der Waals surface area contributed by atoms with E-state index in [0.717, 1.165) is 27.7 Å². The molecule has 1 aromatic heterocycles. The molecule has 0 saturated heterocycles. The molecule has 3 aromatic rings. The van der Waals surface area contributed by atoms with Crippen LogP contribution in [-0.2, 0) is 0 Å². The summed E-state index contributed by atoms with van der Waals surface area (Å²) in [6.07, 6.45) is 9.52. The second kappa shape index (κ2) is 8.01. The van der Waals surface area contributed by atoms with Crippen LogP contribution < -0.4 is 10.6 Å². The number of fused-ring (bicyclic) bond motifs is 1. The van der Waals surface area contributed by atoms with Gasteiger partial charge in [-0.25, -0.2) is 0 Å². The van der Waals surface area contributed by atoms with Gasteiger partial charge in [0.2, 0.25) is 5.91 Å². The first-order valence-electron chi connectivity index (χ1n) is 10.2. The number of primary amides is 1. The van der Waals surface area contributed by atoms with E-state index in [9.17, 15) is 4.79 Å². The Morgan fingerprint density at radius 1 is 1.04 bits per heavy atom. The molecule has 0 unspecified atom stereocenters. The van der Waals surface area contributed by atoms with Gasteiger partial charge in [-0.1, -0.05) is 43.9 Å². The maximum Gasteiger partial charge on any atom is 0.249 e. The molecule has 0 spiro atoms. The molecule has 0 bridgehead atoms. The molecule has 1 fully saturated rings. The molecule has 28 heavy (non-hydrogen) atoms. The van der Waals surface area contributed by atoms with Crippen LogP contribution in [0.25, 0.3) is 22.0 Å². The third-order valence-electron chi connectivity index (χ3n) is 5.95. The highest BCUT2D eigenvalue weighted by atomic mass is 16.1. The van der Waals surface area contributed by atoms with Crippen LogP contribution in [0.15, 0.2) is 54.7 Å². The molecule has 1 heterocycles. The van der Waals surface area contributed by atoms with E-state index in [-0.39, 0.29) is 0 Å². The Hall–Kier alpha value is -2.88. The Morgan fingerprint density at radius 3 is 2.54 bits per heavy atom. The summed E-state index contributed by atoms with van der Waals surface area (Å²) in [4.78, 5) is 19.0. The van der Waals surface area contributed by atoms with Crippen LogP contribution in [0.2, 0.25) is 0 Å². The minimum absolute atomic E-state index is 0.410. The summed E-state index contributed by atoms with van der Waals surface area (Å²) in [5.74, 6) is -0.410. The number of hydrogen-bond acceptors (Lipinski definition) is 3. The summed E-state index contributed by atoms with van der Waals surface area (Å²) >= 11 is 0. The lowest BCUT2D eigenvalue weighted by Gasteiger charge is -2.30. The molecule has 4 rings (SSSR count). The molecule has 1 aliphatic carbocycles. The van der Waals surface area contributed by atoms with E-state index >= 15 is 0 Å².